The molecule has 0 spiro atoms. The van der Waals surface area contributed by atoms with Crippen LogP contribution in [-0.4, -0.2) is 18.6 Å². The molecule has 0 saturated carbocycles. The molecule has 0 aliphatic carbocycles. The zero-order valence-electron chi connectivity index (χ0n) is 7.48. The van der Waals surface area contributed by atoms with Gasteiger partial charge in [-0.05, 0) is 0 Å². The molecule has 0 fully saturated rings. The molecule has 1 heterocycles. The molecule has 0 unspecified atom stereocenters. The highest BCUT2D eigenvalue weighted by molar-refractivity contribution is 7.00. The second kappa shape index (κ2) is 3.34. The number of nitrogens with zero attached hydrogens (tertiary/aromatic N) is 4. The van der Waals surface area contributed by atoms with Gasteiger partial charge in [-0.25, -0.2) is 0 Å². The summed E-state index contributed by atoms with van der Waals surface area (Å²) < 4.78 is 7.39. The Morgan fingerprint density at radius 1 is 1.12 bits per heavy atom. The summed E-state index contributed by atoms with van der Waals surface area (Å²) in [6, 6.07) is 0.791. The molecule has 1 aromatic heterocycles. The van der Waals surface area contributed by atoms with Crippen molar-refractivity contribution in [2.24, 2.45) is 0 Å². The minimum atomic E-state index is -0.791. The van der Waals surface area contributed by atoms with Crippen LogP contribution in [0.5, 0.6) is 0 Å². The van der Waals surface area contributed by atoms with Crippen LogP contribution in [0.3, 0.4) is 0 Å². The van der Waals surface area contributed by atoms with Gasteiger partial charge in [0, 0.05) is 0 Å². The lowest BCUT2D eigenvalue weighted by Gasteiger charge is -1.97. The van der Waals surface area contributed by atoms with Gasteiger partial charge < -0.3 is 5.73 Å². The SMILES string of the molecule is Nc1c([N+](=O)[O-])cc([N+](=O)[O-])c2nsnc12. The number of aromatic nitrogens is 2. The molecule has 0 aliphatic heterocycles. The number of rotatable bonds is 2. The van der Waals surface area contributed by atoms with E-state index < -0.39 is 21.2 Å². The molecule has 9 nitrogen and oxygen atoms in total. The van der Waals surface area contributed by atoms with Crippen molar-refractivity contribution in [1.29, 1.82) is 0 Å². The van der Waals surface area contributed by atoms with Gasteiger partial charge >= 0.3 is 11.4 Å². The van der Waals surface area contributed by atoms with Gasteiger partial charge in [0.15, 0.2) is 5.52 Å². The van der Waals surface area contributed by atoms with E-state index in [0.29, 0.717) is 11.7 Å². The van der Waals surface area contributed by atoms with Crippen LogP contribution in [-0.2, 0) is 0 Å². The lowest BCUT2D eigenvalue weighted by Crippen LogP contribution is -1.99. The van der Waals surface area contributed by atoms with Crippen molar-refractivity contribution in [2.45, 2.75) is 0 Å². The van der Waals surface area contributed by atoms with Crippen LogP contribution in [0.1, 0.15) is 0 Å². The van der Waals surface area contributed by atoms with Gasteiger partial charge in [-0.3, -0.25) is 20.2 Å². The predicted octanol–water partition coefficient (Wildman–Crippen LogP) is 1.09. The molecule has 1 aromatic carbocycles. The van der Waals surface area contributed by atoms with Crippen molar-refractivity contribution in [3.8, 4) is 0 Å². The van der Waals surface area contributed by atoms with E-state index in [9.17, 15) is 20.2 Å². The number of hydrogen-bond donors (Lipinski definition) is 1. The van der Waals surface area contributed by atoms with Crippen molar-refractivity contribution in [2.75, 3.05) is 5.73 Å². The first-order valence-corrected chi connectivity index (χ1v) is 4.59. The topological polar surface area (TPSA) is 138 Å². The lowest BCUT2D eigenvalue weighted by molar-refractivity contribution is -0.392. The molecule has 0 atom stereocenters. The quantitative estimate of drug-likeness (QED) is 0.471. The molecular weight excluding hydrogens is 238 g/mol. The maximum Gasteiger partial charge on any atom is 0.305 e. The Labute approximate surface area is 91.1 Å². The van der Waals surface area contributed by atoms with Gasteiger partial charge in [-0.1, -0.05) is 0 Å². The maximum absolute atomic E-state index is 10.7. The average molecular weight is 241 g/mol. The van der Waals surface area contributed by atoms with E-state index in [4.69, 9.17) is 5.73 Å². The van der Waals surface area contributed by atoms with Gasteiger partial charge in [-0.15, -0.1) is 0 Å². The molecule has 10 heteroatoms. The summed E-state index contributed by atoms with van der Waals surface area (Å²) in [6.45, 7) is 0. The van der Waals surface area contributed by atoms with E-state index in [1.165, 1.54) is 0 Å². The average Bonchev–Trinajstić information content (AvgIpc) is 2.66. The van der Waals surface area contributed by atoms with Gasteiger partial charge in [0.05, 0.1) is 27.6 Å². The van der Waals surface area contributed by atoms with Crippen molar-refractivity contribution >= 4 is 39.8 Å². The largest absolute Gasteiger partial charge is 0.391 e. The first-order chi connectivity index (χ1) is 7.52. The third kappa shape index (κ3) is 1.32. The number of non-ortho nitro benzene ring substituents is 1. The Hall–Kier alpha value is -2.36. The van der Waals surface area contributed by atoms with E-state index in [1.807, 2.05) is 0 Å². The summed E-state index contributed by atoms with van der Waals surface area (Å²) in [5.74, 6) is 0. The zero-order chi connectivity index (χ0) is 11.9. The fourth-order valence-corrected chi connectivity index (χ4v) is 1.79. The molecule has 2 rings (SSSR count). The van der Waals surface area contributed by atoms with Crippen LogP contribution < -0.4 is 5.73 Å². The van der Waals surface area contributed by atoms with Crippen molar-refractivity contribution in [3.63, 3.8) is 0 Å². The molecule has 16 heavy (non-hydrogen) atoms. The highest BCUT2D eigenvalue weighted by atomic mass is 32.1. The number of anilines is 1. The molecule has 0 aliphatic rings. The summed E-state index contributed by atoms with van der Waals surface area (Å²) >= 11 is 0.712. The Kier molecular flexibility index (Phi) is 2.12. The van der Waals surface area contributed by atoms with Crippen molar-refractivity contribution in [1.82, 2.24) is 8.75 Å². The van der Waals surface area contributed by atoms with Gasteiger partial charge in [0.2, 0.25) is 0 Å². The highest BCUT2D eigenvalue weighted by Gasteiger charge is 2.26. The molecule has 2 N–H and O–H groups in total. The minimum absolute atomic E-state index is 0.00843. The smallest absolute Gasteiger partial charge is 0.305 e. The monoisotopic (exact) mass is 241 g/mol. The number of hydrogen-bond acceptors (Lipinski definition) is 8. The predicted molar refractivity (Wildman–Crippen MR) is 55.1 cm³/mol. The molecule has 2 aromatic rings. The Morgan fingerprint density at radius 3 is 2.25 bits per heavy atom. The van der Waals surface area contributed by atoms with E-state index in [1.54, 1.807) is 0 Å². The lowest BCUT2D eigenvalue weighted by atomic mass is 10.2. The van der Waals surface area contributed by atoms with Crippen LogP contribution in [0.25, 0.3) is 11.0 Å². The first-order valence-electron chi connectivity index (χ1n) is 3.86. The molecule has 0 bridgehead atoms. The fourth-order valence-electron chi connectivity index (χ4n) is 1.22. The van der Waals surface area contributed by atoms with Crippen LogP contribution in [0.2, 0.25) is 0 Å². The summed E-state index contributed by atoms with van der Waals surface area (Å²) in [6.07, 6.45) is 0. The summed E-state index contributed by atoms with van der Waals surface area (Å²) in [5, 5.41) is 21.3. The normalized spacial score (nSPS) is 10.5. The summed E-state index contributed by atoms with van der Waals surface area (Å²) in [7, 11) is 0. The molecule has 0 saturated heterocycles. The van der Waals surface area contributed by atoms with E-state index in [0.717, 1.165) is 6.07 Å². The van der Waals surface area contributed by atoms with E-state index in [-0.39, 0.29) is 16.7 Å². The van der Waals surface area contributed by atoms with Crippen LogP contribution in [0, 0.1) is 20.2 Å². The van der Waals surface area contributed by atoms with Gasteiger partial charge in [-0.2, -0.15) is 8.75 Å². The number of nitro benzene ring substituents is 2. The summed E-state index contributed by atoms with van der Waals surface area (Å²) in [5.41, 5.74) is 4.22. The zero-order valence-corrected chi connectivity index (χ0v) is 8.30. The molecule has 82 valence electrons. The molecule has 0 amide bonds. The van der Waals surface area contributed by atoms with Gasteiger partial charge in [0.25, 0.3) is 0 Å². The molecule has 0 radical (unpaired) electrons. The number of benzene rings is 1. The number of nitrogen functional groups attached to an aromatic ring is 1. The minimum Gasteiger partial charge on any atom is -0.391 e. The number of nitro groups is 2. The fraction of sp³-hybridized carbons (Fsp3) is 0. The standard InChI is InChI=1S/C6H3N5O4S/c7-4-2(10(12)13)1-3(11(14)15)5-6(4)9-16-8-5/h1H,7H2. The van der Waals surface area contributed by atoms with Crippen molar-refractivity contribution < 1.29 is 9.85 Å². The second-order valence-electron chi connectivity index (χ2n) is 2.80. The number of fused-ring (bicyclic) bond motifs is 1. The maximum atomic E-state index is 10.7. The third-order valence-corrected chi connectivity index (χ3v) is 2.46. The Bertz CT molecular complexity index is 608. The van der Waals surface area contributed by atoms with Crippen LogP contribution in [0.4, 0.5) is 17.1 Å². The number of nitrogens with two attached hydrogens (primary N) is 1. The van der Waals surface area contributed by atoms with Crippen LogP contribution in [0.15, 0.2) is 6.07 Å². The third-order valence-electron chi connectivity index (χ3n) is 1.93. The van der Waals surface area contributed by atoms with Crippen LogP contribution >= 0.6 is 11.7 Å². The second-order valence-corrected chi connectivity index (χ2v) is 3.33. The van der Waals surface area contributed by atoms with E-state index >= 15 is 0 Å². The highest BCUT2D eigenvalue weighted by Crippen LogP contribution is 2.35. The van der Waals surface area contributed by atoms with Crippen molar-refractivity contribution in [3.05, 3.63) is 26.3 Å². The van der Waals surface area contributed by atoms with Gasteiger partial charge in [0.1, 0.15) is 11.2 Å². The first kappa shape index (κ1) is 10.2. The Morgan fingerprint density at radius 2 is 1.69 bits per heavy atom. The Balaban J connectivity index is 2.90. The van der Waals surface area contributed by atoms with E-state index in [2.05, 4.69) is 8.75 Å². The summed E-state index contributed by atoms with van der Waals surface area (Å²) in [4.78, 5) is 19.8. The molecular formula is C6H3N5O4S.